The predicted octanol–water partition coefficient (Wildman–Crippen LogP) is 4.53. The number of hydrogen-bond acceptors (Lipinski definition) is 5. The van der Waals surface area contributed by atoms with Crippen LogP contribution in [0.3, 0.4) is 0 Å². The van der Waals surface area contributed by atoms with Crippen LogP contribution < -0.4 is 15.0 Å². The van der Waals surface area contributed by atoms with Crippen LogP contribution in [-0.2, 0) is 12.8 Å². The molecule has 0 radical (unpaired) electrons. The summed E-state index contributed by atoms with van der Waals surface area (Å²) in [5.41, 5.74) is 4.74. The van der Waals surface area contributed by atoms with Gasteiger partial charge >= 0.3 is 0 Å². The highest BCUT2D eigenvalue weighted by Crippen LogP contribution is 2.32. The zero-order chi connectivity index (χ0) is 19.3. The first-order valence-corrected chi connectivity index (χ1v) is 9.81. The molecule has 4 rings (SSSR count). The second-order valence-electron chi connectivity index (χ2n) is 7.07. The quantitative estimate of drug-likeness (QED) is 0.687. The minimum atomic E-state index is 0.770. The molecule has 3 aromatic rings. The molecule has 0 atom stereocenters. The molecule has 144 valence electrons. The number of hydrogen-bond donors (Lipinski definition) is 1. The molecule has 0 aliphatic carbocycles. The zero-order valence-electron chi connectivity index (χ0n) is 16.5. The van der Waals surface area contributed by atoms with Gasteiger partial charge in [0.15, 0.2) is 0 Å². The molecule has 28 heavy (non-hydrogen) atoms. The Kier molecular flexibility index (Phi) is 5.42. The van der Waals surface area contributed by atoms with Gasteiger partial charge in [-0.1, -0.05) is 36.4 Å². The molecule has 1 aliphatic heterocycles. The molecule has 2 heterocycles. The van der Waals surface area contributed by atoms with Gasteiger partial charge in [0.25, 0.3) is 0 Å². The largest absolute Gasteiger partial charge is 0.496 e. The van der Waals surface area contributed by atoms with Crippen molar-refractivity contribution in [3.63, 3.8) is 0 Å². The number of benzene rings is 2. The summed E-state index contributed by atoms with van der Waals surface area (Å²) in [5.74, 6) is 2.56. The lowest BCUT2D eigenvalue weighted by Gasteiger charge is -2.29. The van der Waals surface area contributed by atoms with Crippen molar-refractivity contribution in [3.05, 3.63) is 71.4 Å². The molecule has 1 N–H and O–H groups in total. The number of fused-ring (bicyclic) bond motifs is 1. The second kappa shape index (κ2) is 8.30. The van der Waals surface area contributed by atoms with Gasteiger partial charge in [-0.15, -0.1) is 0 Å². The zero-order valence-corrected chi connectivity index (χ0v) is 16.5. The van der Waals surface area contributed by atoms with Gasteiger partial charge in [0, 0.05) is 30.5 Å². The first-order chi connectivity index (χ1) is 13.7. The van der Waals surface area contributed by atoms with Gasteiger partial charge in [-0.3, -0.25) is 0 Å². The lowest BCUT2D eigenvalue weighted by Crippen LogP contribution is -2.26. The van der Waals surface area contributed by atoms with Crippen molar-refractivity contribution in [2.24, 2.45) is 0 Å². The SMILES string of the molecule is COc1ccccc1CCNc1cc(C)nc(N2CCCc3ccccc32)n1. The summed E-state index contributed by atoms with van der Waals surface area (Å²) in [6, 6.07) is 18.7. The van der Waals surface area contributed by atoms with E-state index in [0.717, 1.165) is 55.6 Å². The predicted molar refractivity (Wildman–Crippen MR) is 114 cm³/mol. The van der Waals surface area contributed by atoms with E-state index in [9.17, 15) is 0 Å². The number of ether oxygens (including phenoxy) is 1. The molecule has 0 saturated carbocycles. The normalized spacial score (nSPS) is 13.1. The number of nitrogens with zero attached hydrogens (tertiary/aromatic N) is 3. The average Bonchev–Trinajstić information content (AvgIpc) is 2.73. The first-order valence-electron chi connectivity index (χ1n) is 9.81. The number of para-hydroxylation sites is 2. The maximum absolute atomic E-state index is 5.44. The van der Waals surface area contributed by atoms with Crippen molar-refractivity contribution < 1.29 is 4.74 Å². The summed E-state index contributed by atoms with van der Waals surface area (Å²) in [6.07, 6.45) is 3.10. The van der Waals surface area contributed by atoms with Crippen molar-refractivity contribution in [1.82, 2.24) is 9.97 Å². The van der Waals surface area contributed by atoms with Gasteiger partial charge < -0.3 is 15.0 Å². The summed E-state index contributed by atoms with van der Waals surface area (Å²) in [4.78, 5) is 11.7. The molecule has 5 nitrogen and oxygen atoms in total. The average molecular weight is 374 g/mol. The fraction of sp³-hybridized carbons (Fsp3) is 0.304. The van der Waals surface area contributed by atoms with Crippen molar-refractivity contribution in [2.75, 3.05) is 30.4 Å². The maximum atomic E-state index is 5.44. The van der Waals surface area contributed by atoms with E-state index in [-0.39, 0.29) is 0 Å². The van der Waals surface area contributed by atoms with Crippen LogP contribution in [0.2, 0.25) is 0 Å². The third-order valence-corrected chi connectivity index (χ3v) is 5.09. The van der Waals surface area contributed by atoms with E-state index in [1.807, 2.05) is 31.2 Å². The molecule has 0 unspecified atom stereocenters. The molecule has 1 aromatic heterocycles. The van der Waals surface area contributed by atoms with Crippen LogP contribution in [0.4, 0.5) is 17.5 Å². The van der Waals surface area contributed by atoms with Crippen molar-refractivity contribution in [3.8, 4) is 5.75 Å². The van der Waals surface area contributed by atoms with Gasteiger partial charge in [-0.05, 0) is 49.4 Å². The fourth-order valence-electron chi connectivity index (χ4n) is 3.74. The third kappa shape index (κ3) is 3.93. The number of nitrogens with one attached hydrogen (secondary N) is 1. The Hall–Kier alpha value is -3.08. The van der Waals surface area contributed by atoms with E-state index in [4.69, 9.17) is 14.7 Å². The summed E-state index contributed by atoms with van der Waals surface area (Å²) in [6.45, 7) is 3.75. The highest BCUT2D eigenvalue weighted by atomic mass is 16.5. The number of anilines is 3. The molecule has 2 aromatic carbocycles. The molecule has 5 heteroatoms. The molecule has 0 saturated heterocycles. The Morgan fingerprint density at radius 2 is 1.89 bits per heavy atom. The Labute approximate surface area is 166 Å². The molecular formula is C23H26N4O. The van der Waals surface area contributed by atoms with E-state index in [2.05, 4.69) is 40.5 Å². The van der Waals surface area contributed by atoms with Gasteiger partial charge in [0.2, 0.25) is 5.95 Å². The standard InChI is InChI=1S/C23H26N4O/c1-17-16-22(24-14-13-19-9-4-6-12-21(19)28-2)26-23(25-17)27-15-7-10-18-8-3-5-11-20(18)27/h3-6,8-9,11-12,16H,7,10,13-15H2,1-2H3,(H,24,25,26). The summed E-state index contributed by atoms with van der Waals surface area (Å²) >= 11 is 0. The lowest BCUT2D eigenvalue weighted by molar-refractivity contribution is 0.410. The Morgan fingerprint density at radius 1 is 1.07 bits per heavy atom. The van der Waals surface area contributed by atoms with E-state index in [1.165, 1.54) is 16.8 Å². The van der Waals surface area contributed by atoms with Crippen molar-refractivity contribution >= 4 is 17.5 Å². The van der Waals surface area contributed by atoms with Crippen molar-refractivity contribution in [2.45, 2.75) is 26.2 Å². The third-order valence-electron chi connectivity index (χ3n) is 5.09. The van der Waals surface area contributed by atoms with E-state index >= 15 is 0 Å². The maximum Gasteiger partial charge on any atom is 0.232 e. The van der Waals surface area contributed by atoms with E-state index < -0.39 is 0 Å². The molecule has 0 amide bonds. The minimum absolute atomic E-state index is 0.770. The number of aromatic nitrogens is 2. The molecule has 0 fully saturated rings. The molecule has 1 aliphatic rings. The Bertz CT molecular complexity index is 957. The van der Waals surface area contributed by atoms with Gasteiger partial charge in [-0.25, -0.2) is 4.98 Å². The topological polar surface area (TPSA) is 50.3 Å². The monoisotopic (exact) mass is 374 g/mol. The van der Waals surface area contributed by atoms with E-state index in [0.29, 0.717) is 0 Å². The number of aryl methyl sites for hydroxylation is 2. The van der Waals surface area contributed by atoms with E-state index in [1.54, 1.807) is 7.11 Å². The van der Waals surface area contributed by atoms with Crippen LogP contribution in [0.15, 0.2) is 54.6 Å². The smallest absolute Gasteiger partial charge is 0.232 e. The molecule has 0 bridgehead atoms. The number of methoxy groups -OCH3 is 1. The lowest BCUT2D eigenvalue weighted by atomic mass is 10.0. The first kappa shape index (κ1) is 18.3. The minimum Gasteiger partial charge on any atom is -0.496 e. The highest BCUT2D eigenvalue weighted by molar-refractivity contribution is 5.64. The molecule has 0 spiro atoms. The van der Waals surface area contributed by atoms with Crippen LogP contribution in [0.5, 0.6) is 5.75 Å². The van der Waals surface area contributed by atoms with Crippen LogP contribution in [0.25, 0.3) is 0 Å². The van der Waals surface area contributed by atoms with Crippen LogP contribution in [0, 0.1) is 6.92 Å². The highest BCUT2D eigenvalue weighted by Gasteiger charge is 2.20. The van der Waals surface area contributed by atoms with Crippen molar-refractivity contribution in [1.29, 1.82) is 0 Å². The van der Waals surface area contributed by atoms with Crippen LogP contribution in [0.1, 0.15) is 23.2 Å². The number of rotatable bonds is 6. The van der Waals surface area contributed by atoms with Crippen LogP contribution in [-0.4, -0.2) is 30.2 Å². The summed E-state index contributed by atoms with van der Waals surface area (Å²) in [7, 11) is 1.71. The molecular weight excluding hydrogens is 348 g/mol. The second-order valence-corrected chi connectivity index (χ2v) is 7.07. The van der Waals surface area contributed by atoms with Gasteiger partial charge in [0.05, 0.1) is 7.11 Å². The summed E-state index contributed by atoms with van der Waals surface area (Å²) in [5, 5.41) is 3.46. The van der Waals surface area contributed by atoms with Crippen LogP contribution >= 0.6 is 0 Å². The Morgan fingerprint density at radius 3 is 2.79 bits per heavy atom. The van der Waals surface area contributed by atoms with Gasteiger partial charge in [-0.2, -0.15) is 4.98 Å². The summed E-state index contributed by atoms with van der Waals surface area (Å²) < 4.78 is 5.44. The Balaban J connectivity index is 1.50. The van der Waals surface area contributed by atoms with Gasteiger partial charge in [0.1, 0.15) is 11.6 Å². The fourth-order valence-corrected chi connectivity index (χ4v) is 3.74.